The van der Waals surface area contributed by atoms with Crippen molar-refractivity contribution in [2.45, 2.75) is 95.2 Å². The van der Waals surface area contributed by atoms with E-state index in [2.05, 4.69) is 53.2 Å². The van der Waals surface area contributed by atoms with Gasteiger partial charge in [0.05, 0.1) is 17.6 Å². The molecule has 1 aliphatic carbocycles. The first kappa shape index (κ1) is 26.4. The molecule has 0 bridgehead atoms. The van der Waals surface area contributed by atoms with Crippen LogP contribution in [0.3, 0.4) is 0 Å². The number of hydrogen-bond acceptors (Lipinski definition) is 5. The van der Waals surface area contributed by atoms with E-state index in [1.165, 1.54) is 0 Å². The highest BCUT2D eigenvalue weighted by Gasteiger charge is 2.36. The maximum atomic E-state index is 13.7. The average molecular weight is 509 g/mol. The molecule has 1 N–H and O–H groups in total. The van der Waals surface area contributed by atoms with Crippen molar-refractivity contribution in [3.8, 4) is 0 Å². The third kappa shape index (κ3) is 6.54. The second-order valence-corrected chi connectivity index (χ2v) is 12.4. The molecule has 2 fully saturated rings. The number of amides is 1. The largest absolute Gasteiger partial charge is 0.366 e. The fourth-order valence-electron chi connectivity index (χ4n) is 4.86. The summed E-state index contributed by atoms with van der Waals surface area (Å²) in [5, 5.41) is 2.93. The SMILES string of the molecule is CC(C)NC(=O)C1CN(Sc2ccc3c(c2)nc(C(C)(C)C)n3CC2CCC(F)(F)CC2)CCO1. The van der Waals surface area contributed by atoms with Crippen molar-refractivity contribution in [3.63, 3.8) is 0 Å². The fourth-order valence-corrected chi connectivity index (χ4v) is 5.83. The van der Waals surface area contributed by atoms with Crippen LogP contribution in [0.1, 0.15) is 66.1 Å². The van der Waals surface area contributed by atoms with Gasteiger partial charge >= 0.3 is 0 Å². The van der Waals surface area contributed by atoms with Crippen LogP contribution in [-0.4, -0.2) is 57.5 Å². The van der Waals surface area contributed by atoms with Crippen molar-refractivity contribution in [2.24, 2.45) is 5.92 Å². The normalized spacial score (nSPS) is 22.1. The van der Waals surface area contributed by atoms with E-state index in [9.17, 15) is 13.6 Å². The summed E-state index contributed by atoms with van der Waals surface area (Å²) in [6.07, 6.45) is 0.577. The molecule has 2 aliphatic rings. The zero-order valence-corrected chi connectivity index (χ0v) is 22.3. The van der Waals surface area contributed by atoms with Gasteiger partial charge in [-0.15, -0.1) is 0 Å². The first-order chi connectivity index (χ1) is 16.4. The summed E-state index contributed by atoms with van der Waals surface area (Å²) >= 11 is 1.62. The Bertz CT molecular complexity index is 1040. The maximum Gasteiger partial charge on any atom is 0.250 e. The van der Waals surface area contributed by atoms with Crippen molar-refractivity contribution in [2.75, 3.05) is 19.7 Å². The minimum Gasteiger partial charge on any atom is -0.366 e. The van der Waals surface area contributed by atoms with E-state index >= 15 is 0 Å². The van der Waals surface area contributed by atoms with Gasteiger partial charge in [-0.25, -0.2) is 18.1 Å². The fraction of sp³-hybridized carbons (Fsp3) is 0.692. The molecule has 1 amide bonds. The van der Waals surface area contributed by atoms with Crippen LogP contribution in [0, 0.1) is 5.92 Å². The number of aromatic nitrogens is 2. The second-order valence-electron chi connectivity index (χ2n) is 11.2. The van der Waals surface area contributed by atoms with Gasteiger partial charge in [-0.2, -0.15) is 0 Å². The lowest BCUT2D eigenvalue weighted by molar-refractivity contribution is -0.136. The number of morpholine rings is 1. The number of fused-ring (bicyclic) bond motifs is 1. The van der Waals surface area contributed by atoms with E-state index < -0.39 is 12.0 Å². The number of imidazole rings is 1. The van der Waals surface area contributed by atoms with Crippen molar-refractivity contribution in [1.82, 2.24) is 19.2 Å². The number of benzene rings is 1. The molecule has 6 nitrogen and oxygen atoms in total. The number of nitrogens with zero attached hydrogens (tertiary/aromatic N) is 3. The Balaban J connectivity index is 1.51. The summed E-state index contributed by atoms with van der Waals surface area (Å²) < 4.78 is 37.5. The Morgan fingerprint density at radius 2 is 2.00 bits per heavy atom. The molecule has 1 saturated heterocycles. The molecule has 0 radical (unpaired) electrons. The summed E-state index contributed by atoms with van der Waals surface area (Å²) in [6, 6.07) is 6.36. The Kier molecular flexibility index (Phi) is 7.79. The average Bonchev–Trinajstić information content (AvgIpc) is 3.13. The second kappa shape index (κ2) is 10.3. The highest BCUT2D eigenvalue weighted by atomic mass is 32.2. The highest BCUT2D eigenvalue weighted by Crippen LogP contribution is 2.38. The van der Waals surface area contributed by atoms with Crippen LogP contribution in [-0.2, 0) is 21.5 Å². The smallest absolute Gasteiger partial charge is 0.250 e. The number of hydrogen-bond donors (Lipinski definition) is 1. The monoisotopic (exact) mass is 508 g/mol. The summed E-state index contributed by atoms with van der Waals surface area (Å²) in [7, 11) is 0. The minimum absolute atomic E-state index is 0.0222. The molecule has 2 heterocycles. The molecule has 4 rings (SSSR count). The third-order valence-electron chi connectivity index (χ3n) is 6.66. The molecule has 0 spiro atoms. The Hall–Kier alpha value is -1.71. The number of halogens is 2. The van der Waals surface area contributed by atoms with E-state index in [4.69, 9.17) is 9.72 Å². The van der Waals surface area contributed by atoms with Gasteiger partial charge in [-0.3, -0.25) is 4.79 Å². The first-order valence-corrected chi connectivity index (χ1v) is 13.4. The van der Waals surface area contributed by atoms with Crippen LogP contribution in [0.5, 0.6) is 0 Å². The molecule has 2 aromatic rings. The van der Waals surface area contributed by atoms with Gasteiger partial charge in [-0.1, -0.05) is 20.8 Å². The molecule has 194 valence electrons. The number of carbonyl (C=O) groups is 1. The van der Waals surface area contributed by atoms with E-state index in [0.717, 1.165) is 34.8 Å². The predicted molar refractivity (Wildman–Crippen MR) is 136 cm³/mol. The molecule has 1 atom stereocenters. The van der Waals surface area contributed by atoms with Gasteiger partial charge in [0.15, 0.2) is 0 Å². The number of nitrogens with one attached hydrogen (secondary N) is 1. The number of rotatable bonds is 6. The third-order valence-corrected chi connectivity index (χ3v) is 7.71. The molecule has 9 heteroatoms. The van der Waals surface area contributed by atoms with Crippen LogP contribution < -0.4 is 5.32 Å². The van der Waals surface area contributed by atoms with Crippen LogP contribution in [0.4, 0.5) is 8.78 Å². The first-order valence-electron chi connectivity index (χ1n) is 12.6. The number of alkyl halides is 2. The summed E-state index contributed by atoms with van der Waals surface area (Å²) in [6.45, 7) is 12.8. The van der Waals surface area contributed by atoms with E-state index in [0.29, 0.717) is 26.0 Å². The van der Waals surface area contributed by atoms with E-state index in [-0.39, 0.29) is 36.1 Å². The lowest BCUT2D eigenvalue weighted by atomic mass is 9.86. The maximum absolute atomic E-state index is 13.7. The van der Waals surface area contributed by atoms with E-state index in [1.807, 2.05) is 13.8 Å². The molecular weight excluding hydrogens is 470 g/mol. The lowest BCUT2D eigenvalue weighted by Gasteiger charge is -2.31. The van der Waals surface area contributed by atoms with Crippen LogP contribution in [0.15, 0.2) is 23.1 Å². The van der Waals surface area contributed by atoms with Crippen LogP contribution in [0.2, 0.25) is 0 Å². The zero-order chi connectivity index (χ0) is 25.4. The van der Waals surface area contributed by atoms with E-state index in [1.54, 1.807) is 11.9 Å². The summed E-state index contributed by atoms with van der Waals surface area (Å²) in [5.41, 5.74) is 1.81. The summed E-state index contributed by atoms with van der Waals surface area (Å²) in [4.78, 5) is 18.5. The standard InChI is InChI=1S/C26H38F2N4O2S/c1-17(2)29-23(33)22-16-31(12-13-34-22)35-19-6-7-21-20(14-19)30-24(25(3,4)5)32(21)15-18-8-10-26(27,28)11-9-18/h6-7,14,17-18,22H,8-13,15-16H2,1-5H3,(H,29,33). The topological polar surface area (TPSA) is 59.4 Å². The Morgan fingerprint density at radius 1 is 1.29 bits per heavy atom. The van der Waals surface area contributed by atoms with Gasteiger partial charge in [0.1, 0.15) is 11.9 Å². The number of carbonyl (C=O) groups excluding carboxylic acids is 1. The molecular formula is C26H38F2N4O2S. The van der Waals surface area contributed by atoms with Crippen LogP contribution in [0.25, 0.3) is 11.0 Å². The summed E-state index contributed by atoms with van der Waals surface area (Å²) in [5.74, 6) is -1.36. The van der Waals surface area contributed by atoms with Gasteiger partial charge in [0.25, 0.3) is 5.91 Å². The highest BCUT2D eigenvalue weighted by molar-refractivity contribution is 7.97. The van der Waals surface area contributed by atoms with Crippen LogP contribution >= 0.6 is 11.9 Å². The van der Waals surface area contributed by atoms with Crippen molar-refractivity contribution in [1.29, 1.82) is 0 Å². The molecule has 35 heavy (non-hydrogen) atoms. The molecule has 1 aliphatic heterocycles. The molecule has 1 saturated carbocycles. The van der Waals surface area contributed by atoms with Gasteiger partial charge < -0.3 is 14.6 Å². The van der Waals surface area contributed by atoms with Gasteiger partial charge in [0, 0.05) is 48.8 Å². The van der Waals surface area contributed by atoms with Gasteiger partial charge in [-0.05, 0) is 62.8 Å². The molecule has 1 unspecified atom stereocenters. The minimum atomic E-state index is -2.51. The van der Waals surface area contributed by atoms with Crippen molar-refractivity contribution in [3.05, 3.63) is 24.0 Å². The Labute approximate surface area is 211 Å². The quantitative estimate of drug-likeness (QED) is 0.530. The van der Waals surface area contributed by atoms with Crippen molar-refractivity contribution < 1.29 is 18.3 Å². The molecule has 1 aromatic carbocycles. The number of ether oxygens (including phenoxy) is 1. The predicted octanol–water partition coefficient (Wildman–Crippen LogP) is 5.39. The molecule has 1 aromatic heterocycles. The lowest BCUT2D eigenvalue weighted by Crippen LogP contribution is -2.49. The van der Waals surface area contributed by atoms with Crippen molar-refractivity contribution >= 4 is 28.9 Å². The van der Waals surface area contributed by atoms with Gasteiger partial charge in [0.2, 0.25) is 5.92 Å². The zero-order valence-electron chi connectivity index (χ0n) is 21.4. The Morgan fingerprint density at radius 3 is 2.66 bits per heavy atom.